The van der Waals surface area contributed by atoms with Crippen LogP contribution >= 0.6 is 0 Å². The lowest BCUT2D eigenvalue weighted by Gasteiger charge is -2.30. The Morgan fingerprint density at radius 1 is 1.46 bits per heavy atom. The highest BCUT2D eigenvalue weighted by Crippen LogP contribution is 2.40. The van der Waals surface area contributed by atoms with E-state index >= 15 is 0 Å². The van der Waals surface area contributed by atoms with E-state index in [2.05, 4.69) is 15.5 Å². The second-order valence-corrected chi connectivity index (χ2v) is 5.99. The van der Waals surface area contributed by atoms with Crippen molar-refractivity contribution in [3.05, 3.63) is 35.7 Å². The zero-order valence-electron chi connectivity index (χ0n) is 14.5. The molecular formula is C15H20F3N5O3. The fourth-order valence-corrected chi connectivity index (χ4v) is 2.44. The average molecular weight is 375 g/mol. The molecule has 2 aromatic rings. The van der Waals surface area contributed by atoms with Crippen molar-refractivity contribution in [3.63, 3.8) is 0 Å². The molecular weight excluding hydrogens is 355 g/mol. The summed E-state index contributed by atoms with van der Waals surface area (Å²) in [5, 5.41) is 16.3. The minimum Gasteiger partial charge on any atom is -0.374 e. The number of nitrogens with zero attached hydrogens (tertiary/aromatic N) is 4. The van der Waals surface area contributed by atoms with Gasteiger partial charge < -0.3 is 24.4 Å². The standard InChI is InChI=1S/C15H20F3N5O3/c1-10-8-11(21-26-10)9-23(3)13(24)20-5-4-14(25,15(16,17)18)12-19-6-7-22(12)2/h6-8,25H,4-5,9H2,1-3H3,(H,20,24). The van der Waals surface area contributed by atoms with Gasteiger partial charge in [0.25, 0.3) is 0 Å². The molecule has 0 aliphatic carbocycles. The number of halogens is 3. The molecule has 2 aromatic heterocycles. The Kier molecular flexibility index (Phi) is 5.59. The van der Waals surface area contributed by atoms with Crippen molar-refractivity contribution in [2.75, 3.05) is 13.6 Å². The van der Waals surface area contributed by atoms with Crippen LogP contribution in [-0.2, 0) is 19.2 Å². The lowest BCUT2D eigenvalue weighted by atomic mass is 9.97. The van der Waals surface area contributed by atoms with Crippen LogP contribution in [0, 0.1) is 6.92 Å². The summed E-state index contributed by atoms with van der Waals surface area (Å²) in [7, 11) is 2.82. The number of aliphatic hydroxyl groups is 1. The summed E-state index contributed by atoms with van der Waals surface area (Å²) < 4.78 is 46.1. The Morgan fingerprint density at radius 3 is 2.65 bits per heavy atom. The van der Waals surface area contributed by atoms with Gasteiger partial charge >= 0.3 is 12.2 Å². The van der Waals surface area contributed by atoms with Crippen LogP contribution in [0.2, 0.25) is 0 Å². The van der Waals surface area contributed by atoms with Gasteiger partial charge in [-0.15, -0.1) is 0 Å². The van der Waals surface area contributed by atoms with Crippen LogP contribution in [0.4, 0.5) is 18.0 Å². The number of aromatic nitrogens is 3. The fourth-order valence-electron chi connectivity index (χ4n) is 2.44. The number of hydrogen-bond donors (Lipinski definition) is 2. The van der Waals surface area contributed by atoms with Gasteiger partial charge in [0.05, 0.1) is 6.54 Å². The first-order valence-corrected chi connectivity index (χ1v) is 7.72. The monoisotopic (exact) mass is 375 g/mol. The average Bonchev–Trinajstić information content (AvgIpc) is 3.14. The molecule has 1 unspecified atom stereocenters. The molecule has 2 rings (SSSR count). The number of amides is 2. The summed E-state index contributed by atoms with van der Waals surface area (Å²) in [6, 6.07) is 1.04. The summed E-state index contributed by atoms with van der Waals surface area (Å²) in [5.74, 6) is 0.0461. The molecule has 0 fully saturated rings. The molecule has 2 N–H and O–H groups in total. The number of urea groups is 1. The lowest BCUT2D eigenvalue weighted by Crippen LogP contribution is -2.47. The number of alkyl halides is 3. The number of imidazole rings is 1. The SMILES string of the molecule is Cc1cc(CN(C)C(=O)NCCC(O)(c2nccn2C)C(F)(F)F)no1. The third-order valence-electron chi connectivity index (χ3n) is 3.85. The quantitative estimate of drug-likeness (QED) is 0.801. The largest absolute Gasteiger partial charge is 0.424 e. The Balaban J connectivity index is 1.97. The molecule has 2 amide bonds. The molecule has 0 spiro atoms. The molecule has 0 aliphatic heterocycles. The van der Waals surface area contributed by atoms with E-state index < -0.39 is 36.6 Å². The van der Waals surface area contributed by atoms with Crippen molar-refractivity contribution < 1.29 is 27.6 Å². The first-order valence-electron chi connectivity index (χ1n) is 7.72. The number of hydrogen-bond acceptors (Lipinski definition) is 5. The Bertz CT molecular complexity index is 758. The second kappa shape index (κ2) is 7.36. The van der Waals surface area contributed by atoms with Gasteiger partial charge in [-0.2, -0.15) is 13.2 Å². The van der Waals surface area contributed by atoms with Crippen LogP contribution in [0.5, 0.6) is 0 Å². The van der Waals surface area contributed by atoms with Gasteiger partial charge in [-0.3, -0.25) is 0 Å². The predicted octanol–water partition coefficient (Wildman–Crippen LogP) is 1.70. The maximum atomic E-state index is 13.4. The van der Waals surface area contributed by atoms with Gasteiger partial charge in [0, 0.05) is 45.5 Å². The van der Waals surface area contributed by atoms with Crippen molar-refractivity contribution in [1.29, 1.82) is 0 Å². The highest BCUT2D eigenvalue weighted by molar-refractivity contribution is 5.73. The van der Waals surface area contributed by atoms with Crippen molar-refractivity contribution in [3.8, 4) is 0 Å². The number of rotatable bonds is 6. The van der Waals surface area contributed by atoms with Crippen LogP contribution in [0.3, 0.4) is 0 Å². The Labute approximate surface area is 147 Å². The van der Waals surface area contributed by atoms with E-state index in [9.17, 15) is 23.1 Å². The Hall–Kier alpha value is -2.56. The number of carbonyl (C=O) groups is 1. The van der Waals surface area contributed by atoms with Crippen molar-refractivity contribution >= 4 is 6.03 Å². The highest BCUT2D eigenvalue weighted by Gasteiger charge is 2.57. The molecule has 0 saturated carbocycles. The summed E-state index contributed by atoms with van der Waals surface area (Å²) in [5.41, 5.74) is -2.65. The molecule has 0 aromatic carbocycles. The Morgan fingerprint density at radius 2 is 2.15 bits per heavy atom. The molecule has 0 bridgehead atoms. The van der Waals surface area contributed by atoms with Gasteiger partial charge in [-0.25, -0.2) is 9.78 Å². The minimum absolute atomic E-state index is 0.131. The van der Waals surface area contributed by atoms with E-state index in [1.165, 1.54) is 25.2 Å². The van der Waals surface area contributed by atoms with Crippen LogP contribution in [0.1, 0.15) is 23.7 Å². The smallest absolute Gasteiger partial charge is 0.374 e. The number of nitrogens with one attached hydrogen (secondary N) is 1. The van der Waals surface area contributed by atoms with E-state index in [1.54, 1.807) is 13.0 Å². The summed E-state index contributed by atoms with van der Waals surface area (Å²) in [6.45, 7) is 1.43. The molecule has 2 heterocycles. The lowest BCUT2D eigenvalue weighted by molar-refractivity contribution is -0.272. The first kappa shape index (κ1) is 19.8. The van der Waals surface area contributed by atoms with E-state index in [0.717, 1.165) is 10.8 Å². The normalized spacial score (nSPS) is 14.1. The molecule has 1 atom stereocenters. The minimum atomic E-state index is -4.94. The molecule has 8 nitrogen and oxygen atoms in total. The third kappa shape index (κ3) is 4.15. The van der Waals surface area contributed by atoms with Gasteiger partial charge in [0.15, 0.2) is 0 Å². The van der Waals surface area contributed by atoms with Crippen LogP contribution in [0.25, 0.3) is 0 Å². The van der Waals surface area contributed by atoms with Gasteiger partial charge in [0.1, 0.15) is 17.3 Å². The predicted molar refractivity (Wildman–Crippen MR) is 83.9 cm³/mol. The number of carbonyl (C=O) groups excluding carboxylic acids is 1. The summed E-state index contributed by atoms with van der Waals surface area (Å²) >= 11 is 0. The highest BCUT2D eigenvalue weighted by atomic mass is 19.4. The zero-order chi connectivity index (χ0) is 19.5. The first-order chi connectivity index (χ1) is 12.0. The second-order valence-electron chi connectivity index (χ2n) is 5.99. The van der Waals surface area contributed by atoms with Crippen LogP contribution in [-0.4, -0.2) is 50.5 Å². The van der Waals surface area contributed by atoms with Crippen LogP contribution < -0.4 is 5.32 Å². The van der Waals surface area contributed by atoms with E-state index in [1.807, 2.05) is 0 Å². The number of aryl methyl sites for hydroxylation is 2. The summed E-state index contributed by atoms with van der Waals surface area (Å²) in [4.78, 5) is 16.9. The van der Waals surface area contributed by atoms with Crippen LogP contribution in [0.15, 0.2) is 23.0 Å². The molecule has 144 valence electrons. The topological polar surface area (TPSA) is 96.4 Å². The van der Waals surface area contributed by atoms with Gasteiger partial charge in [-0.1, -0.05) is 5.16 Å². The zero-order valence-corrected chi connectivity index (χ0v) is 14.5. The van der Waals surface area contributed by atoms with Crippen molar-refractivity contribution in [2.24, 2.45) is 7.05 Å². The van der Waals surface area contributed by atoms with E-state index in [0.29, 0.717) is 11.5 Å². The molecule has 26 heavy (non-hydrogen) atoms. The van der Waals surface area contributed by atoms with Gasteiger partial charge in [-0.05, 0) is 6.92 Å². The summed E-state index contributed by atoms with van der Waals surface area (Å²) in [6.07, 6.45) is -3.25. The fraction of sp³-hybridized carbons (Fsp3) is 0.533. The molecule has 0 aliphatic rings. The van der Waals surface area contributed by atoms with E-state index in [-0.39, 0.29) is 6.54 Å². The molecule has 11 heteroatoms. The molecule has 0 saturated heterocycles. The maximum Gasteiger partial charge on any atom is 0.424 e. The third-order valence-corrected chi connectivity index (χ3v) is 3.85. The maximum absolute atomic E-state index is 13.4. The van der Waals surface area contributed by atoms with Gasteiger partial charge in [0.2, 0.25) is 5.60 Å². The van der Waals surface area contributed by atoms with Crippen molar-refractivity contribution in [2.45, 2.75) is 31.7 Å². The van der Waals surface area contributed by atoms with E-state index in [4.69, 9.17) is 4.52 Å². The van der Waals surface area contributed by atoms with Crippen molar-refractivity contribution in [1.82, 2.24) is 24.9 Å². The molecule has 0 radical (unpaired) electrons.